The Balaban J connectivity index is 2.02. The maximum absolute atomic E-state index is 12.1. The molecule has 0 unspecified atom stereocenters. The van der Waals surface area contributed by atoms with Crippen LogP contribution in [0.4, 0.5) is 0 Å². The van der Waals surface area contributed by atoms with Crippen molar-refractivity contribution in [2.45, 2.75) is 135 Å². The van der Waals surface area contributed by atoms with Gasteiger partial charge in [-0.25, -0.2) is 4.99 Å². The third-order valence-electron chi connectivity index (χ3n) is 6.77. The molecule has 0 spiro atoms. The third-order valence-corrected chi connectivity index (χ3v) is 7.80. The van der Waals surface area contributed by atoms with Crippen LogP contribution in [0.3, 0.4) is 0 Å². The SMILES string of the molecule is CC(=O)OC[C@H]1O[C@@H](N=C=N[C@H](CO[Si](C)(C)C)[C@H]2O[C@H](OC(C)=O)[C@H]3OC(C)(C)O[C@H]32)[C@H](OC(C)=O)[C@@H](OC(C)=O)[C@@H]1OC(C)=O. The van der Waals surface area contributed by atoms with Crippen LogP contribution < -0.4 is 0 Å². The van der Waals surface area contributed by atoms with Crippen molar-refractivity contribution in [2.75, 3.05) is 13.2 Å². The molecular weight excluding hydrogens is 644 g/mol. The fourth-order valence-corrected chi connectivity index (χ4v) is 5.85. The summed E-state index contributed by atoms with van der Waals surface area (Å²) in [5.74, 6) is -4.57. The van der Waals surface area contributed by atoms with Crippen LogP contribution in [0.2, 0.25) is 19.6 Å². The smallest absolute Gasteiger partial charge is 0.305 e. The second kappa shape index (κ2) is 15.8. The maximum atomic E-state index is 12.1. The number of nitrogens with zero attached hydrogens (tertiary/aromatic N) is 2. The Morgan fingerprint density at radius 2 is 1.32 bits per heavy atom. The molecule has 0 N–H and O–H groups in total. The minimum Gasteiger partial charge on any atom is -0.463 e. The van der Waals surface area contributed by atoms with E-state index in [9.17, 15) is 24.0 Å². The van der Waals surface area contributed by atoms with Crippen LogP contribution >= 0.6 is 0 Å². The molecule has 0 aromatic carbocycles. The van der Waals surface area contributed by atoms with E-state index >= 15 is 0 Å². The highest BCUT2D eigenvalue weighted by molar-refractivity contribution is 6.69. The van der Waals surface area contributed by atoms with Gasteiger partial charge in [-0.15, -0.1) is 0 Å². The molecule has 3 aliphatic heterocycles. The number of ether oxygens (including phenoxy) is 9. The quantitative estimate of drug-likeness (QED) is 0.123. The first-order chi connectivity index (χ1) is 21.8. The van der Waals surface area contributed by atoms with Crippen molar-refractivity contribution in [2.24, 2.45) is 9.98 Å². The number of rotatable bonds is 12. The van der Waals surface area contributed by atoms with Gasteiger partial charge in [-0.1, -0.05) is 0 Å². The van der Waals surface area contributed by atoms with Crippen molar-refractivity contribution in [1.82, 2.24) is 0 Å². The van der Waals surface area contributed by atoms with Gasteiger partial charge >= 0.3 is 29.8 Å². The zero-order valence-electron chi connectivity index (χ0n) is 28.2. The first-order valence-corrected chi connectivity index (χ1v) is 18.4. The molecule has 47 heavy (non-hydrogen) atoms. The molecule has 0 amide bonds. The molecule has 17 nitrogen and oxygen atoms in total. The second-order valence-electron chi connectivity index (χ2n) is 12.6. The van der Waals surface area contributed by atoms with Gasteiger partial charge in [0.1, 0.15) is 31.0 Å². The Hall–Kier alpha value is -3.25. The number of carbonyl (C=O) groups excluding carboxylic acids is 5. The molecule has 3 aliphatic rings. The number of hydrogen-bond donors (Lipinski definition) is 0. The second-order valence-corrected chi connectivity index (χ2v) is 17.1. The molecular formula is C29H44N2O15Si. The number of esters is 5. The van der Waals surface area contributed by atoms with Gasteiger partial charge in [-0.3, -0.25) is 24.0 Å². The van der Waals surface area contributed by atoms with E-state index in [1.165, 1.54) is 13.8 Å². The fraction of sp³-hybridized carbons (Fsp3) is 0.793. The van der Waals surface area contributed by atoms with Crippen LogP contribution in [0.15, 0.2) is 9.98 Å². The summed E-state index contributed by atoms with van der Waals surface area (Å²) in [6.07, 6.45) is -10.2. The Morgan fingerprint density at radius 3 is 1.87 bits per heavy atom. The van der Waals surface area contributed by atoms with Crippen LogP contribution in [0.25, 0.3) is 0 Å². The van der Waals surface area contributed by atoms with Crippen molar-refractivity contribution in [3.8, 4) is 0 Å². The predicted octanol–water partition coefficient (Wildman–Crippen LogP) is 1.27. The first-order valence-electron chi connectivity index (χ1n) is 15.0. The van der Waals surface area contributed by atoms with Gasteiger partial charge in [0.25, 0.3) is 0 Å². The summed E-state index contributed by atoms with van der Waals surface area (Å²) in [7, 11) is -2.10. The average molecular weight is 689 g/mol. The fourth-order valence-electron chi connectivity index (χ4n) is 5.17. The van der Waals surface area contributed by atoms with E-state index in [2.05, 4.69) is 16.0 Å². The highest BCUT2D eigenvalue weighted by Gasteiger charge is 2.59. The lowest BCUT2D eigenvalue weighted by Gasteiger charge is -2.42. The monoisotopic (exact) mass is 688 g/mol. The molecule has 0 aliphatic carbocycles. The van der Waals surface area contributed by atoms with E-state index < -0.39 is 112 Å². The highest BCUT2D eigenvalue weighted by atomic mass is 28.4. The lowest BCUT2D eigenvalue weighted by atomic mass is 9.97. The Bertz CT molecular complexity index is 1250. The zero-order valence-corrected chi connectivity index (χ0v) is 29.2. The van der Waals surface area contributed by atoms with Crippen molar-refractivity contribution in [3.05, 3.63) is 0 Å². The van der Waals surface area contributed by atoms with Crippen LogP contribution in [-0.2, 0) is 71.0 Å². The zero-order chi connectivity index (χ0) is 35.3. The van der Waals surface area contributed by atoms with Crippen LogP contribution in [0.5, 0.6) is 0 Å². The van der Waals surface area contributed by atoms with Crippen LogP contribution in [0.1, 0.15) is 48.5 Å². The van der Waals surface area contributed by atoms with E-state index in [-0.39, 0.29) is 6.61 Å². The molecule has 3 fully saturated rings. The molecule has 3 rings (SSSR count). The summed E-state index contributed by atoms with van der Waals surface area (Å²) in [6.45, 7) is 14.8. The molecule has 3 saturated heterocycles. The first kappa shape index (κ1) is 38.2. The summed E-state index contributed by atoms with van der Waals surface area (Å²) < 4.78 is 57.0. The Morgan fingerprint density at radius 1 is 0.766 bits per heavy atom. The number of fused-ring (bicyclic) bond motifs is 1. The lowest BCUT2D eigenvalue weighted by molar-refractivity contribution is -0.250. The van der Waals surface area contributed by atoms with Crippen molar-refractivity contribution < 1.29 is 71.0 Å². The summed E-state index contributed by atoms with van der Waals surface area (Å²) >= 11 is 0. The van der Waals surface area contributed by atoms with Gasteiger partial charge in [-0.2, -0.15) is 4.99 Å². The van der Waals surface area contributed by atoms with Crippen molar-refractivity contribution in [1.29, 1.82) is 0 Å². The van der Waals surface area contributed by atoms with E-state index in [1.54, 1.807) is 13.8 Å². The Kier molecular flexibility index (Phi) is 12.8. The van der Waals surface area contributed by atoms with Gasteiger partial charge in [0.15, 0.2) is 44.7 Å². The van der Waals surface area contributed by atoms with Crippen LogP contribution in [-0.4, -0.2) is 124 Å². The molecule has 0 saturated carbocycles. The molecule has 10 atom stereocenters. The number of hydrogen-bond acceptors (Lipinski definition) is 17. The standard InChI is InChI=1S/C29H44N2O15Si/c1-14(32)37-12-20-22(39-15(2)33)23(40-16(3)34)25(41-17(4)35)27(43-20)31-13-30-19(11-38-47(8,9)10)21-24-26(46-29(6,7)45-24)28(44-21)42-18(5)36/h19-28H,11-12H2,1-10H3/t19-,20-,21-,22-,23+,24+,25-,26+,27-,28+/m1/s1. The largest absolute Gasteiger partial charge is 0.463 e. The summed E-state index contributed by atoms with van der Waals surface area (Å²) in [4.78, 5) is 68.4. The lowest BCUT2D eigenvalue weighted by Crippen LogP contribution is -2.61. The molecule has 0 aromatic rings. The molecule has 18 heteroatoms. The molecule has 0 aromatic heterocycles. The van der Waals surface area contributed by atoms with Crippen molar-refractivity contribution in [3.63, 3.8) is 0 Å². The van der Waals surface area contributed by atoms with E-state index in [0.717, 1.165) is 20.8 Å². The Labute approximate surface area is 273 Å². The number of aliphatic imine (C=N–C) groups is 2. The van der Waals surface area contributed by atoms with Gasteiger partial charge < -0.3 is 47.1 Å². The van der Waals surface area contributed by atoms with Gasteiger partial charge in [-0.05, 0) is 33.5 Å². The molecule has 0 radical (unpaired) electrons. The number of carbonyl (C=O) groups is 5. The van der Waals surface area contributed by atoms with E-state index in [1.807, 2.05) is 19.6 Å². The topological polar surface area (TPSA) is 202 Å². The van der Waals surface area contributed by atoms with Gasteiger partial charge in [0.05, 0.1) is 12.6 Å². The summed E-state index contributed by atoms with van der Waals surface area (Å²) in [6, 6.07) is 1.75. The minimum atomic E-state index is -2.10. The predicted molar refractivity (Wildman–Crippen MR) is 159 cm³/mol. The summed E-state index contributed by atoms with van der Waals surface area (Å²) in [5, 5.41) is 0. The average Bonchev–Trinajstić information content (AvgIpc) is 3.39. The molecule has 264 valence electrons. The molecule has 0 bridgehead atoms. The van der Waals surface area contributed by atoms with Crippen LogP contribution in [0, 0.1) is 0 Å². The normalized spacial score (nSPS) is 31.7. The van der Waals surface area contributed by atoms with Crippen molar-refractivity contribution >= 4 is 44.2 Å². The molecule has 3 heterocycles. The highest BCUT2D eigenvalue weighted by Crippen LogP contribution is 2.41. The van der Waals surface area contributed by atoms with Gasteiger partial charge in [0, 0.05) is 34.6 Å². The van der Waals surface area contributed by atoms with Gasteiger partial charge in [0.2, 0.25) is 6.29 Å². The third kappa shape index (κ3) is 11.2. The summed E-state index contributed by atoms with van der Waals surface area (Å²) in [5.41, 5.74) is 0. The van der Waals surface area contributed by atoms with E-state index in [4.69, 9.17) is 47.1 Å². The maximum Gasteiger partial charge on any atom is 0.305 e. The minimum absolute atomic E-state index is 0.0429. The van der Waals surface area contributed by atoms with E-state index in [0.29, 0.717) is 0 Å².